The van der Waals surface area contributed by atoms with Crippen molar-refractivity contribution in [1.82, 2.24) is 10.3 Å². The number of rotatable bonds is 5. The summed E-state index contributed by atoms with van der Waals surface area (Å²) in [6.07, 6.45) is 8.54. The number of aromatic nitrogens is 1. The molecule has 0 aromatic carbocycles. The van der Waals surface area contributed by atoms with Crippen LogP contribution in [0.25, 0.3) is 0 Å². The van der Waals surface area contributed by atoms with E-state index in [1.54, 1.807) is 0 Å². The van der Waals surface area contributed by atoms with Crippen molar-refractivity contribution in [2.24, 2.45) is 0 Å². The molecule has 2 rings (SSSR count). The molecule has 3 nitrogen and oxygen atoms in total. The van der Waals surface area contributed by atoms with Crippen molar-refractivity contribution in [2.45, 2.75) is 57.7 Å². The first kappa shape index (κ1) is 12.7. The van der Waals surface area contributed by atoms with E-state index in [4.69, 9.17) is 4.74 Å². The maximum atomic E-state index is 5.99. The van der Waals surface area contributed by atoms with Gasteiger partial charge < -0.3 is 15.0 Å². The summed E-state index contributed by atoms with van der Waals surface area (Å²) in [6, 6.07) is 2.72. The third kappa shape index (κ3) is 3.11. The second kappa shape index (κ2) is 5.69. The van der Waals surface area contributed by atoms with Crippen LogP contribution in [0.4, 0.5) is 0 Å². The molecule has 17 heavy (non-hydrogen) atoms. The minimum Gasteiger partial charge on any atom is -0.375 e. The van der Waals surface area contributed by atoms with Gasteiger partial charge in [0.15, 0.2) is 0 Å². The number of hydrogen-bond acceptors (Lipinski definition) is 2. The van der Waals surface area contributed by atoms with Crippen LogP contribution in [0.1, 0.15) is 45.1 Å². The summed E-state index contributed by atoms with van der Waals surface area (Å²) in [5.74, 6) is 0. The second-order valence-corrected chi connectivity index (χ2v) is 5.03. The average molecular weight is 236 g/mol. The van der Waals surface area contributed by atoms with Crippen LogP contribution in [0.2, 0.25) is 0 Å². The van der Waals surface area contributed by atoms with Crippen LogP contribution in [0, 0.1) is 0 Å². The van der Waals surface area contributed by atoms with Gasteiger partial charge in [-0.2, -0.15) is 0 Å². The highest BCUT2D eigenvalue weighted by atomic mass is 16.5. The van der Waals surface area contributed by atoms with Crippen LogP contribution in [0.5, 0.6) is 0 Å². The first-order valence-electron chi connectivity index (χ1n) is 6.77. The molecule has 96 valence electrons. The van der Waals surface area contributed by atoms with Gasteiger partial charge in [-0.3, -0.25) is 0 Å². The summed E-state index contributed by atoms with van der Waals surface area (Å²) in [5.41, 5.74) is 1.45. The Bertz CT molecular complexity index is 317. The second-order valence-electron chi connectivity index (χ2n) is 5.03. The van der Waals surface area contributed by atoms with Crippen LogP contribution in [0.3, 0.4) is 0 Å². The Labute approximate surface area is 104 Å². The van der Waals surface area contributed by atoms with E-state index in [0.29, 0.717) is 6.04 Å². The lowest BCUT2D eigenvalue weighted by molar-refractivity contribution is -0.0932. The fourth-order valence-electron chi connectivity index (χ4n) is 2.68. The van der Waals surface area contributed by atoms with E-state index < -0.39 is 0 Å². The van der Waals surface area contributed by atoms with Crippen LogP contribution < -0.4 is 5.32 Å². The molecule has 0 saturated carbocycles. The SMILES string of the molecule is CCC1(CC)CC(NCc2cc[nH]c2)CCO1. The summed E-state index contributed by atoms with van der Waals surface area (Å²) >= 11 is 0. The Balaban J connectivity index is 1.85. The Morgan fingerprint density at radius 2 is 2.29 bits per heavy atom. The molecular weight excluding hydrogens is 212 g/mol. The minimum atomic E-state index is 0.119. The molecule has 2 heterocycles. The van der Waals surface area contributed by atoms with Crippen LogP contribution in [-0.4, -0.2) is 23.2 Å². The maximum absolute atomic E-state index is 5.99. The molecule has 0 aliphatic carbocycles. The topological polar surface area (TPSA) is 37.0 Å². The van der Waals surface area contributed by atoms with E-state index >= 15 is 0 Å². The van der Waals surface area contributed by atoms with Crippen molar-refractivity contribution in [3.8, 4) is 0 Å². The highest BCUT2D eigenvalue weighted by Crippen LogP contribution is 2.31. The molecule has 1 atom stereocenters. The van der Waals surface area contributed by atoms with Crippen LogP contribution in [0.15, 0.2) is 18.5 Å². The van der Waals surface area contributed by atoms with Crippen LogP contribution in [-0.2, 0) is 11.3 Å². The smallest absolute Gasteiger partial charge is 0.0692 e. The van der Waals surface area contributed by atoms with Gasteiger partial charge >= 0.3 is 0 Å². The number of aromatic amines is 1. The molecule has 1 aliphatic rings. The van der Waals surface area contributed by atoms with E-state index in [1.807, 2.05) is 6.20 Å². The molecule has 1 aromatic rings. The van der Waals surface area contributed by atoms with Crippen molar-refractivity contribution >= 4 is 0 Å². The van der Waals surface area contributed by atoms with Crippen molar-refractivity contribution in [3.63, 3.8) is 0 Å². The predicted molar refractivity (Wildman–Crippen MR) is 69.9 cm³/mol. The van der Waals surface area contributed by atoms with E-state index in [-0.39, 0.29) is 5.60 Å². The first-order valence-corrected chi connectivity index (χ1v) is 6.77. The molecule has 0 amide bonds. The van der Waals surface area contributed by atoms with Gasteiger partial charge in [0, 0.05) is 31.6 Å². The standard InChI is InChI=1S/C14H24N2O/c1-3-14(4-2)9-13(6-8-17-14)16-11-12-5-7-15-10-12/h5,7,10,13,15-16H,3-4,6,8-9,11H2,1-2H3. The number of nitrogens with one attached hydrogen (secondary N) is 2. The van der Waals surface area contributed by atoms with E-state index in [2.05, 4.69) is 36.4 Å². The lowest BCUT2D eigenvalue weighted by Crippen LogP contribution is -2.46. The summed E-state index contributed by atoms with van der Waals surface area (Å²) in [5, 5.41) is 3.65. The molecule has 1 fully saturated rings. The molecule has 1 aromatic heterocycles. The summed E-state index contributed by atoms with van der Waals surface area (Å²) in [6.45, 7) is 6.32. The van der Waals surface area contributed by atoms with Gasteiger partial charge in [0.2, 0.25) is 0 Å². The van der Waals surface area contributed by atoms with Crippen LogP contribution >= 0.6 is 0 Å². The number of ether oxygens (including phenoxy) is 1. The fourth-order valence-corrected chi connectivity index (χ4v) is 2.68. The maximum Gasteiger partial charge on any atom is 0.0692 e. The predicted octanol–water partition coefficient (Wildman–Crippen LogP) is 2.84. The highest BCUT2D eigenvalue weighted by molar-refractivity contribution is 5.08. The lowest BCUT2D eigenvalue weighted by Gasteiger charge is -2.40. The Morgan fingerprint density at radius 3 is 2.94 bits per heavy atom. The van der Waals surface area contributed by atoms with Crippen molar-refractivity contribution in [1.29, 1.82) is 0 Å². The molecule has 1 unspecified atom stereocenters. The number of H-pyrrole nitrogens is 1. The highest BCUT2D eigenvalue weighted by Gasteiger charge is 2.34. The molecule has 1 saturated heterocycles. The molecule has 3 heteroatoms. The van der Waals surface area contributed by atoms with Gasteiger partial charge in [0.05, 0.1) is 5.60 Å². The third-order valence-electron chi connectivity index (χ3n) is 4.04. The van der Waals surface area contributed by atoms with Gasteiger partial charge in [0.1, 0.15) is 0 Å². The zero-order valence-electron chi connectivity index (χ0n) is 11.0. The molecule has 0 radical (unpaired) electrons. The zero-order chi connectivity index (χ0) is 12.1. The summed E-state index contributed by atoms with van der Waals surface area (Å²) in [7, 11) is 0. The average Bonchev–Trinajstić information content (AvgIpc) is 2.90. The summed E-state index contributed by atoms with van der Waals surface area (Å²) in [4.78, 5) is 3.09. The quantitative estimate of drug-likeness (QED) is 0.825. The largest absolute Gasteiger partial charge is 0.375 e. The van der Waals surface area contributed by atoms with Gasteiger partial charge in [0.25, 0.3) is 0 Å². The van der Waals surface area contributed by atoms with Gasteiger partial charge in [-0.15, -0.1) is 0 Å². The van der Waals surface area contributed by atoms with Gasteiger partial charge in [-0.05, 0) is 37.3 Å². The summed E-state index contributed by atoms with van der Waals surface area (Å²) < 4.78 is 5.99. The van der Waals surface area contributed by atoms with E-state index in [0.717, 1.165) is 38.8 Å². The van der Waals surface area contributed by atoms with Crippen molar-refractivity contribution < 1.29 is 4.74 Å². The monoisotopic (exact) mass is 236 g/mol. The molecule has 1 aliphatic heterocycles. The van der Waals surface area contributed by atoms with Crippen molar-refractivity contribution in [3.05, 3.63) is 24.0 Å². The Morgan fingerprint density at radius 1 is 1.47 bits per heavy atom. The van der Waals surface area contributed by atoms with E-state index in [1.165, 1.54) is 5.56 Å². The normalized spacial score (nSPS) is 23.8. The van der Waals surface area contributed by atoms with Crippen molar-refractivity contribution in [2.75, 3.05) is 6.61 Å². The lowest BCUT2D eigenvalue weighted by atomic mass is 9.86. The van der Waals surface area contributed by atoms with Gasteiger partial charge in [-0.1, -0.05) is 13.8 Å². The molecule has 0 spiro atoms. The third-order valence-corrected chi connectivity index (χ3v) is 4.04. The Hall–Kier alpha value is -0.800. The fraction of sp³-hybridized carbons (Fsp3) is 0.714. The molecular formula is C14H24N2O. The first-order chi connectivity index (χ1) is 8.28. The van der Waals surface area contributed by atoms with Gasteiger partial charge in [-0.25, -0.2) is 0 Å². The molecule has 2 N–H and O–H groups in total. The Kier molecular flexibility index (Phi) is 4.24. The minimum absolute atomic E-state index is 0.119. The zero-order valence-corrected chi connectivity index (χ0v) is 11.0. The van der Waals surface area contributed by atoms with E-state index in [9.17, 15) is 0 Å². The number of hydrogen-bond donors (Lipinski definition) is 2. The molecule has 0 bridgehead atoms.